The van der Waals surface area contributed by atoms with E-state index in [1.54, 1.807) is 12.1 Å². The Hall–Kier alpha value is -0.960. The summed E-state index contributed by atoms with van der Waals surface area (Å²) in [6.07, 6.45) is 3.41. The molecule has 2 rings (SSSR count). The second-order valence-electron chi connectivity index (χ2n) is 5.27. The number of nitrogens with one attached hydrogen (secondary N) is 1. The van der Waals surface area contributed by atoms with E-state index in [1.807, 2.05) is 0 Å². The van der Waals surface area contributed by atoms with Crippen LogP contribution in [-0.4, -0.2) is 6.54 Å². The van der Waals surface area contributed by atoms with E-state index in [-0.39, 0.29) is 6.04 Å². The van der Waals surface area contributed by atoms with Crippen molar-refractivity contribution in [1.82, 2.24) is 5.32 Å². The van der Waals surface area contributed by atoms with Gasteiger partial charge in [0.25, 0.3) is 0 Å². The maximum Gasteiger partial charge on any atom is 0.163 e. The highest BCUT2D eigenvalue weighted by molar-refractivity contribution is 5.23. The Morgan fingerprint density at radius 1 is 1.33 bits per heavy atom. The van der Waals surface area contributed by atoms with Crippen LogP contribution in [0.15, 0.2) is 18.2 Å². The predicted octanol–water partition coefficient (Wildman–Crippen LogP) is 4.05. The molecule has 2 unspecified atom stereocenters. The summed E-state index contributed by atoms with van der Waals surface area (Å²) in [6.45, 7) is 5.04. The Kier molecular flexibility index (Phi) is 4.33. The molecule has 0 bridgehead atoms. The summed E-state index contributed by atoms with van der Waals surface area (Å²) in [7, 11) is 0. The molecule has 2 atom stereocenters. The van der Waals surface area contributed by atoms with Crippen LogP contribution < -0.4 is 5.32 Å². The molecule has 1 N–H and O–H groups in total. The lowest BCUT2D eigenvalue weighted by atomic mass is 9.90. The summed E-state index contributed by atoms with van der Waals surface area (Å²) in [5.74, 6) is -0.438. The Bertz CT molecular complexity index is 401. The van der Waals surface area contributed by atoms with Gasteiger partial charge in [-0.05, 0) is 43.7 Å². The van der Waals surface area contributed by atoms with E-state index in [2.05, 4.69) is 19.2 Å². The molecule has 1 aromatic carbocycles. The van der Waals surface area contributed by atoms with Crippen molar-refractivity contribution >= 4 is 0 Å². The topological polar surface area (TPSA) is 12.0 Å². The average molecular weight is 253 g/mol. The number of halogens is 2. The first-order chi connectivity index (χ1) is 8.65. The molecule has 0 saturated heterocycles. The number of hydrogen-bond donors (Lipinski definition) is 1. The fraction of sp³-hybridized carbons (Fsp3) is 0.600. The predicted molar refractivity (Wildman–Crippen MR) is 69.3 cm³/mol. The molecule has 0 amide bonds. The monoisotopic (exact) mass is 253 g/mol. The fourth-order valence-electron chi connectivity index (χ4n) is 2.53. The quantitative estimate of drug-likeness (QED) is 0.806. The van der Waals surface area contributed by atoms with Gasteiger partial charge in [0.2, 0.25) is 0 Å². The molecular weight excluding hydrogens is 232 g/mol. The molecule has 1 nitrogen and oxygen atoms in total. The molecule has 1 saturated carbocycles. The summed E-state index contributed by atoms with van der Waals surface area (Å²) in [4.78, 5) is 0. The highest BCUT2D eigenvalue weighted by Gasteiger charge is 2.35. The van der Waals surface area contributed by atoms with Gasteiger partial charge in [0.05, 0.1) is 0 Å². The Balaban J connectivity index is 2.23. The van der Waals surface area contributed by atoms with Gasteiger partial charge < -0.3 is 5.32 Å². The van der Waals surface area contributed by atoms with Gasteiger partial charge in [-0.15, -0.1) is 0 Å². The minimum absolute atomic E-state index is 0.0758. The van der Waals surface area contributed by atoms with Crippen molar-refractivity contribution in [2.24, 2.45) is 11.8 Å². The van der Waals surface area contributed by atoms with Crippen LogP contribution in [0.4, 0.5) is 8.78 Å². The third kappa shape index (κ3) is 2.89. The summed E-state index contributed by atoms with van der Waals surface area (Å²) >= 11 is 0. The third-order valence-electron chi connectivity index (χ3n) is 3.82. The van der Waals surface area contributed by atoms with Gasteiger partial charge in [-0.3, -0.25) is 0 Å². The van der Waals surface area contributed by atoms with E-state index >= 15 is 0 Å². The molecular formula is C15H21F2N. The molecule has 18 heavy (non-hydrogen) atoms. The normalized spacial score (nSPS) is 18.7. The number of rotatable bonds is 6. The van der Waals surface area contributed by atoms with Crippen molar-refractivity contribution < 1.29 is 8.78 Å². The molecule has 0 aliphatic heterocycles. The first kappa shape index (κ1) is 13.5. The summed E-state index contributed by atoms with van der Waals surface area (Å²) < 4.78 is 27.2. The van der Waals surface area contributed by atoms with Crippen molar-refractivity contribution in [2.45, 2.75) is 39.2 Å². The zero-order valence-corrected chi connectivity index (χ0v) is 11.0. The van der Waals surface area contributed by atoms with Crippen LogP contribution in [0.1, 0.15) is 44.7 Å². The standard InChI is InChI=1S/C15H21F2N/c1-3-9-18-15(10(2)11-7-8-11)12-5-4-6-13(16)14(12)17/h4-6,10-11,15,18H,3,7-9H2,1-2H3. The molecule has 0 radical (unpaired) electrons. The van der Waals surface area contributed by atoms with Gasteiger partial charge in [0.1, 0.15) is 0 Å². The highest BCUT2D eigenvalue weighted by Crippen LogP contribution is 2.43. The van der Waals surface area contributed by atoms with E-state index in [4.69, 9.17) is 0 Å². The van der Waals surface area contributed by atoms with Crippen LogP contribution in [-0.2, 0) is 0 Å². The van der Waals surface area contributed by atoms with Gasteiger partial charge in [0, 0.05) is 11.6 Å². The smallest absolute Gasteiger partial charge is 0.163 e. The number of benzene rings is 1. The Labute approximate surface area is 108 Å². The Morgan fingerprint density at radius 3 is 2.67 bits per heavy atom. The second kappa shape index (κ2) is 5.79. The molecule has 0 heterocycles. The van der Waals surface area contributed by atoms with Crippen molar-refractivity contribution in [3.63, 3.8) is 0 Å². The lowest BCUT2D eigenvalue weighted by Crippen LogP contribution is -2.29. The molecule has 1 aliphatic carbocycles. The van der Waals surface area contributed by atoms with Crippen LogP contribution in [0.5, 0.6) is 0 Å². The molecule has 0 spiro atoms. The molecule has 1 aliphatic rings. The van der Waals surface area contributed by atoms with E-state index in [0.717, 1.165) is 13.0 Å². The maximum absolute atomic E-state index is 13.9. The largest absolute Gasteiger partial charge is 0.310 e. The lowest BCUT2D eigenvalue weighted by Gasteiger charge is -2.26. The molecule has 100 valence electrons. The van der Waals surface area contributed by atoms with Crippen molar-refractivity contribution in [3.05, 3.63) is 35.4 Å². The van der Waals surface area contributed by atoms with Crippen LogP contribution in [0.3, 0.4) is 0 Å². The Morgan fingerprint density at radius 2 is 2.06 bits per heavy atom. The maximum atomic E-state index is 13.9. The number of hydrogen-bond acceptors (Lipinski definition) is 1. The van der Waals surface area contributed by atoms with Crippen molar-refractivity contribution in [2.75, 3.05) is 6.54 Å². The average Bonchev–Trinajstić information content (AvgIpc) is 3.18. The zero-order chi connectivity index (χ0) is 13.1. The first-order valence-corrected chi connectivity index (χ1v) is 6.82. The van der Waals surface area contributed by atoms with E-state index in [9.17, 15) is 8.78 Å². The van der Waals surface area contributed by atoms with Gasteiger partial charge in [-0.1, -0.05) is 26.0 Å². The lowest BCUT2D eigenvalue weighted by molar-refractivity contribution is 0.336. The summed E-state index contributed by atoms with van der Waals surface area (Å²) in [6, 6.07) is 4.39. The third-order valence-corrected chi connectivity index (χ3v) is 3.82. The summed E-state index contributed by atoms with van der Waals surface area (Å²) in [5.41, 5.74) is 0.475. The minimum atomic E-state index is -0.751. The molecule has 1 aromatic rings. The first-order valence-electron chi connectivity index (χ1n) is 6.82. The van der Waals surface area contributed by atoms with Crippen LogP contribution in [0.25, 0.3) is 0 Å². The minimum Gasteiger partial charge on any atom is -0.310 e. The molecule has 0 aromatic heterocycles. The van der Waals surface area contributed by atoms with Gasteiger partial charge in [-0.25, -0.2) is 8.78 Å². The second-order valence-corrected chi connectivity index (χ2v) is 5.27. The van der Waals surface area contributed by atoms with Gasteiger partial charge in [0.15, 0.2) is 11.6 Å². The molecule has 1 fully saturated rings. The fourth-order valence-corrected chi connectivity index (χ4v) is 2.53. The highest BCUT2D eigenvalue weighted by atomic mass is 19.2. The van der Waals surface area contributed by atoms with Crippen LogP contribution in [0.2, 0.25) is 0 Å². The van der Waals surface area contributed by atoms with E-state index < -0.39 is 11.6 Å². The van der Waals surface area contributed by atoms with Crippen molar-refractivity contribution in [3.8, 4) is 0 Å². The van der Waals surface area contributed by atoms with E-state index in [0.29, 0.717) is 17.4 Å². The van der Waals surface area contributed by atoms with E-state index in [1.165, 1.54) is 18.9 Å². The molecule has 3 heteroatoms. The zero-order valence-electron chi connectivity index (χ0n) is 11.0. The van der Waals surface area contributed by atoms with Crippen LogP contribution in [0, 0.1) is 23.5 Å². The van der Waals surface area contributed by atoms with Gasteiger partial charge >= 0.3 is 0 Å². The SMILES string of the molecule is CCCNC(c1cccc(F)c1F)C(C)C1CC1. The summed E-state index contributed by atoms with van der Waals surface area (Å²) in [5, 5.41) is 3.37. The van der Waals surface area contributed by atoms with Crippen LogP contribution >= 0.6 is 0 Å². The van der Waals surface area contributed by atoms with Gasteiger partial charge in [-0.2, -0.15) is 0 Å². The van der Waals surface area contributed by atoms with Crippen molar-refractivity contribution in [1.29, 1.82) is 0 Å².